The molecule has 0 aliphatic carbocycles. The summed E-state index contributed by atoms with van der Waals surface area (Å²) in [6, 6.07) is 8.77. The van der Waals surface area contributed by atoms with Crippen LogP contribution in [0.2, 0.25) is 0 Å². The highest BCUT2D eigenvalue weighted by Crippen LogP contribution is 2.36. The quantitative estimate of drug-likeness (QED) is 0.324. The molecule has 1 aliphatic rings. The van der Waals surface area contributed by atoms with Crippen molar-refractivity contribution in [2.24, 2.45) is 10.9 Å². The summed E-state index contributed by atoms with van der Waals surface area (Å²) in [6.07, 6.45) is 4.30. The highest BCUT2D eigenvalue weighted by atomic mass is 127. The highest BCUT2D eigenvalue weighted by Gasteiger charge is 2.31. The van der Waals surface area contributed by atoms with E-state index >= 15 is 0 Å². The second-order valence-corrected chi connectivity index (χ2v) is 8.11. The van der Waals surface area contributed by atoms with Gasteiger partial charge < -0.3 is 15.4 Å². The number of guanidine groups is 1. The SMILES string of the molecule is CCNC(=NCc1ccc(OC)nc1)NCC1CCCN(C)C1c1cccs1.I. The number of rotatable bonds is 7. The molecule has 0 saturated carbocycles. The zero-order valence-corrected chi connectivity index (χ0v) is 20.6. The number of methoxy groups -OCH3 is 1. The molecule has 2 N–H and O–H groups in total. The van der Waals surface area contributed by atoms with E-state index in [1.54, 1.807) is 7.11 Å². The van der Waals surface area contributed by atoms with E-state index in [1.165, 1.54) is 17.7 Å². The first-order chi connectivity index (χ1) is 13.7. The lowest BCUT2D eigenvalue weighted by atomic mass is 9.88. The zero-order valence-electron chi connectivity index (χ0n) is 17.4. The predicted octanol–water partition coefficient (Wildman–Crippen LogP) is 3.91. The van der Waals surface area contributed by atoms with Crippen LogP contribution in [0.1, 0.15) is 36.2 Å². The third-order valence-corrected chi connectivity index (χ3v) is 6.09. The number of likely N-dealkylation sites (tertiary alicyclic amines) is 1. The van der Waals surface area contributed by atoms with E-state index in [2.05, 4.69) is 52.0 Å². The smallest absolute Gasteiger partial charge is 0.212 e. The summed E-state index contributed by atoms with van der Waals surface area (Å²) in [5, 5.41) is 9.10. The lowest BCUT2D eigenvalue weighted by Gasteiger charge is -2.39. The maximum Gasteiger partial charge on any atom is 0.212 e. The van der Waals surface area contributed by atoms with Gasteiger partial charge in [-0.2, -0.15) is 0 Å². The van der Waals surface area contributed by atoms with Crippen molar-refractivity contribution in [3.8, 4) is 5.88 Å². The van der Waals surface area contributed by atoms with Crippen LogP contribution in [0.3, 0.4) is 0 Å². The van der Waals surface area contributed by atoms with E-state index in [0.29, 0.717) is 24.4 Å². The van der Waals surface area contributed by atoms with Gasteiger partial charge in [0.05, 0.1) is 13.7 Å². The second-order valence-electron chi connectivity index (χ2n) is 7.13. The molecule has 2 unspecified atom stereocenters. The van der Waals surface area contributed by atoms with E-state index in [-0.39, 0.29) is 24.0 Å². The Morgan fingerprint density at radius 2 is 2.21 bits per heavy atom. The minimum absolute atomic E-state index is 0. The van der Waals surface area contributed by atoms with Crippen LogP contribution in [0.5, 0.6) is 5.88 Å². The average Bonchev–Trinajstić information content (AvgIpc) is 3.24. The maximum atomic E-state index is 5.11. The summed E-state index contributed by atoms with van der Waals surface area (Å²) < 4.78 is 5.11. The first-order valence-corrected chi connectivity index (χ1v) is 10.8. The van der Waals surface area contributed by atoms with Crippen molar-refractivity contribution < 1.29 is 4.74 Å². The van der Waals surface area contributed by atoms with Crippen LogP contribution in [-0.4, -0.2) is 49.6 Å². The van der Waals surface area contributed by atoms with Crippen molar-refractivity contribution in [2.45, 2.75) is 32.4 Å². The minimum Gasteiger partial charge on any atom is -0.481 e. The number of nitrogens with one attached hydrogen (secondary N) is 2. The van der Waals surface area contributed by atoms with Gasteiger partial charge in [0, 0.05) is 36.3 Å². The monoisotopic (exact) mass is 529 g/mol. The second kappa shape index (κ2) is 12.3. The predicted molar refractivity (Wildman–Crippen MR) is 131 cm³/mol. The first kappa shape index (κ1) is 23.9. The van der Waals surface area contributed by atoms with Gasteiger partial charge in [0.2, 0.25) is 5.88 Å². The van der Waals surface area contributed by atoms with Gasteiger partial charge >= 0.3 is 0 Å². The van der Waals surface area contributed by atoms with E-state index < -0.39 is 0 Å². The van der Waals surface area contributed by atoms with Gasteiger partial charge in [0.25, 0.3) is 0 Å². The lowest BCUT2D eigenvalue weighted by molar-refractivity contribution is 0.125. The topological polar surface area (TPSA) is 61.8 Å². The maximum absolute atomic E-state index is 5.11. The molecular weight excluding hydrogens is 497 g/mol. The van der Waals surface area contributed by atoms with Crippen LogP contribution >= 0.6 is 35.3 Å². The number of hydrogen-bond donors (Lipinski definition) is 2. The van der Waals surface area contributed by atoms with Gasteiger partial charge in [-0.15, -0.1) is 35.3 Å². The number of thiophene rings is 1. The molecule has 1 saturated heterocycles. The number of piperidine rings is 1. The van der Waals surface area contributed by atoms with Crippen molar-refractivity contribution in [2.75, 3.05) is 33.8 Å². The van der Waals surface area contributed by atoms with Gasteiger partial charge in [-0.1, -0.05) is 12.1 Å². The number of pyridine rings is 1. The van der Waals surface area contributed by atoms with E-state index in [9.17, 15) is 0 Å². The van der Waals surface area contributed by atoms with Crippen molar-refractivity contribution >= 4 is 41.3 Å². The lowest BCUT2D eigenvalue weighted by Crippen LogP contribution is -2.44. The van der Waals surface area contributed by atoms with E-state index in [0.717, 1.165) is 31.2 Å². The van der Waals surface area contributed by atoms with Gasteiger partial charge in [0.1, 0.15) is 0 Å². The number of aromatic nitrogens is 1. The summed E-state index contributed by atoms with van der Waals surface area (Å²) in [5.74, 6) is 2.05. The van der Waals surface area contributed by atoms with Crippen molar-refractivity contribution in [1.29, 1.82) is 0 Å². The molecule has 160 valence electrons. The summed E-state index contributed by atoms with van der Waals surface area (Å²) >= 11 is 1.86. The largest absolute Gasteiger partial charge is 0.481 e. The molecule has 0 bridgehead atoms. The van der Waals surface area contributed by atoms with Crippen LogP contribution in [0.25, 0.3) is 0 Å². The fourth-order valence-electron chi connectivity index (χ4n) is 3.75. The minimum atomic E-state index is 0. The Morgan fingerprint density at radius 3 is 2.86 bits per heavy atom. The fraction of sp³-hybridized carbons (Fsp3) is 0.524. The highest BCUT2D eigenvalue weighted by molar-refractivity contribution is 14.0. The Kier molecular flexibility index (Phi) is 10.2. The summed E-state index contributed by atoms with van der Waals surface area (Å²) in [6.45, 7) is 5.60. The molecular formula is C21H32IN5OS. The molecule has 0 radical (unpaired) electrons. The molecule has 1 fully saturated rings. The van der Waals surface area contributed by atoms with Crippen molar-refractivity contribution in [3.05, 3.63) is 46.3 Å². The fourth-order valence-corrected chi connectivity index (χ4v) is 4.73. The summed E-state index contributed by atoms with van der Waals surface area (Å²) in [7, 11) is 3.87. The van der Waals surface area contributed by atoms with Crippen LogP contribution in [0.4, 0.5) is 0 Å². The Labute approximate surface area is 195 Å². The summed E-state index contributed by atoms with van der Waals surface area (Å²) in [5.41, 5.74) is 1.06. The van der Waals surface area contributed by atoms with E-state index in [4.69, 9.17) is 9.73 Å². The Hall–Kier alpha value is -1.39. The molecule has 0 aromatic carbocycles. The van der Waals surface area contributed by atoms with Crippen LogP contribution in [0.15, 0.2) is 40.8 Å². The number of ether oxygens (including phenoxy) is 1. The van der Waals surface area contributed by atoms with Crippen molar-refractivity contribution in [3.63, 3.8) is 0 Å². The van der Waals surface area contributed by atoms with Gasteiger partial charge in [0.15, 0.2) is 5.96 Å². The first-order valence-electron chi connectivity index (χ1n) is 9.96. The summed E-state index contributed by atoms with van der Waals surface area (Å²) in [4.78, 5) is 12.9. The van der Waals surface area contributed by atoms with Crippen LogP contribution in [0, 0.1) is 5.92 Å². The molecule has 3 heterocycles. The number of hydrogen-bond acceptors (Lipinski definition) is 5. The Balaban J connectivity index is 0.00000300. The molecule has 2 aromatic heterocycles. The average molecular weight is 529 g/mol. The molecule has 2 atom stereocenters. The molecule has 1 aliphatic heterocycles. The van der Waals surface area contributed by atoms with Gasteiger partial charge in [-0.25, -0.2) is 9.98 Å². The third-order valence-electron chi connectivity index (χ3n) is 5.14. The molecule has 6 nitrogen and oxygen atoms in total. The number of aliphatic imine (C=N–C) groups is 1. The third kappa shape index (κ3) is 6.82. The normalized spacial score (nSPS) is 20.0. The Morgan fingerprint density at radius 1 is 1.34 bits per heavy atom. The van der Waals surface area contributed by atoms with E-state index in [1.807, 2.05) is 29.7 Å². The zero-order chi connectivity index (χ0) is 19.8. The molecule has 8 heteroatoms. The number of halogens is 1. The van der Waals surface area contributed by atoms with Gasteiger partial charge in [-0.3, -0.25) is 4.90 Å². The molecule has 2 aromatic rings. The molecule has 0 spiro atoms. The number of nitrogens with zero attached hydrogens (tertiary/aromatic N) is 3. The van der Waals surface area contributed by atoms with Crippen LogP contribution < -0.4 is 15.4 Å². The molecule has 0 amide bonds. The standard InChI is InChI=1S/C21H31N5OS.HI/c1-4-22-21(24-14-16-9-10-19(27-3)23-13-16)25-15-17-7-5-11-26(2)20(17)18-8-6-12-28-18;/h6,8-10,12-13,17,20H,4-5,7,11,14-15H2,1-3H3,(H2,22,24,25);1H. The molecule has 3 rings (SSSR count). The van der Waals surface area contributed by atoms with Crippen molar-refractivity contribution in [1.82, 2.24) is 20.5 Å². The van der Waals surface area contributed by atoms with Crippen LogP contribution in [-0.2, 0) is 6.54 Å². The molecule has 29 heavy (non-hydrogen) atoms. The Bertz CT molecular complexity index is 738. The van der Waals surface area contributed by atoms with Gasteiger partial charge in [-0.05, 0) is 56.3 Å².